The van der Waals surface area contributed by atoms with Crippen LogP contribution in [0.4, 0.5) is 4.39 Å². The van der Waals surface area contributed by atoms with Crippen LogP contribution in [0.3, 0.4) is 0 Å². The van der Waals surface area contributed by atoms with E-state index in [-0.39, 0.29) is 11.4 Å². The minimum atomic E-state index is -0.457. The molecule has 4 heterocycles. The number of aryl methyl sites for hydroxylation is 2. The standard InChI is InChI=1S/C29H30FN7O2/c1-19-14-22-16-25(29(38)31-26(22)15-20(19)2)27(36-11-9-35(10-12-36)18-24-4-3-13-39-24)28-32-33-34-37(28)17-21-5-7-23(30)8-6-21/h3-8,13-16,27H,9-12,17-18H2,1-2H3,(H,31,38). The number of halogens is 1. The lowest BCUT2D eigenvalue weighted by molar-refractivity contribution is 0.0952. The Hall–Kier alpha value is -4.15. The number of hydrogen-bond acceptors (Lipinski definition) is 7. The number of piperazine rings is 1. The monoisotopic (exact) mass is 527 g/mol. The van der Waals surface area contributed by atoms with Crippen molar-refractivity contribution in [2.45, 2.75) is 33.0 Å². The second kappa shape index (κ2) is 10.5. The summed E-state index contributed by atoms with van der Waals surface area (Å²) in [6, 6.07) is 15.8. The highest BCUT2D eigenvalue weighted by Crippen LogP contribution is 2.29. The summed E-state index contributed by atoms with van der Waals surface area (Å²) >= 11 is 0. The summed E-state index contributed by atoms with van der Waals surface area (Å²) in [6.45, 7) is 8.26. The first kappa shape index (κ1) is 25.1. The smallest absolute Gasteiger partial charge is 0.253 e. The number of aromatic amines is 1. The Morgan fingerprint density at radius 2 is 1.77 bits per heavy atom. The van der Waals surface area contributed by atoms with Crippen molar-refractivity contribution in [2.75, 3.05) is 26.2 Å². The molecule has 1 unspecified atom stereocenters. The van der Waals surface area contributed by atoms with Gasteiger partial charge in [0.15, 0.2) is 5.82 Å². The molecule has 1 aliphatic heterocycles. The molecule has 6 rings (SSSR count). The molecular weight excluding hydrogens is 497 g/mol. The van der Waals surface area contributed by atoms with Gasteiger partial charge in [0.1, 0.15) is 17.6 Å². The van der Waals surface area contributed by atoms with Crippen LogP contribution in [-0.4, -0.2) is 61.2 Å². The summed E-state index contributed by atoms with van der Waals surface area (Å²) in [5, 5.41) is 13.6. The van der Waals surface area contributed by atoms with Gasteiger partial charge < -0.3 is 9.40 Å². The molecule has 0 bridgehead atoms. The molecule has 1 N–H and O–H groups in total. The molecule has 1 saturated heterocycles. The molecule has 5 aromatic rings. The lowest BCUT2D eigenvalue weighted by Gasteiger charge is -2.38. The van der Waals surface area contributed by atoms with E-state index in [9.17, 15) is 9.18 Å². The van der Waals surface area contributed by atoms with E-state index in [4.69, 9.17) is 4.42 Å². The van der Waals surface area contributed by atoms with Crippen molar-refractivity contribution in [3.63, 3.8) is 0 Å². The fourth-order valence-electron chi connectivity index (χ4n) is 5.28. The molecular formula is C29H30FN7O2. The maximum Gasteiger partial charge on any atom is 0.253 e. The second-order valence-corrected chi connectivity index (χ2v) is 10.2. The molecule has 3 aromatic heterocycles. The van der Waals surface area contributed by atoms with Crippen molar-refractivity contribution in [2.24, 2.45) is 0 Å². The minimum Gasteiger partial charge on any atom is -0.468 e. The van der Waals surface area contributed by atoms with Crippen molar-refractivity contribution in [3.05, 3.63) is 111 Å². The SMILES string of the molecule is Cc1cc2cc(C(c3nnnn3Cc3ccc(F)cc3)N3CCN(Cc4ccco4)CC3)c(=O)[nH]c2cc1C. The normalized spacial score (nSPS) is 15.7. The van der Waals surface area contributed by atoms with Gasteiger partial charge in [0.05, 0.1) is 19.4 Å². The van der Waals surface area contributed by atoms with Gasteiger partial charge in [0, 0.05) is 37.3 Å². The third-order valence-corrected chi connectivity index (χ3v) is 7.56. The van der Waals surface area contributed by atoms with Gasteiger partial charge >= 0.3 is 0 Å². The van der Waals surface area contributed by atoms with Gasteiger partial charge in [-0.3, -0.25) is 14.6 Å². The summed E-state index contributed by atoms with van der Waals surface area (Å²) in [5.74, 6) is 1.21. The summed E-state index contributed by atoms with van der Waals surface area (Å²) in [7, 11) is 0. The van der Waals surface area contributed by atoms with Crippen molar-refractivity contribution >= 4 is 10.9 Å². The molecule has 0 amide bonds. The molecule has 2 aromatic carbocycles. The summed E-state index contributed by atoms with van der Waals surface area (Å²) in [6.07, 6.45) is 1.69. The molecule has 9 nitrogen and oxygen atoms in total. The van der Waals surface area contributed by atoms with E-state index in [2.05, 4.69) is 43.3 Å². The molecule has 1 aliphatic rings. The summed E-state index contributed by atoms with van der Waals surface area (Å²) in [4.78, 5) is 21.3. The van der Waals surface area contributed by atoms with E-state index in [1.807, 2.05) is 31.2 Å². The van der Waals surface area contributed by atoms with Crippen LogP contribution < -0.4 is 5.56 Å². The second-order valence-electron chi connectivity index (χ2n) is 10.2. The third-order valence-electron chi connectivity index (χ3n) is 7.56. The topological polar surface area (TPSA) is 96.1 Å². The van der Waals surface area contributed by atoms with Crippen molar-refractivity contribution in [1.29, 1.82) is 0 Å². The number of nitrogens with one attached hydrogen (secondary N) is 1. The Kier molecular flexibility index (Phi) is 6.80. The molecule has 0 aliphatic carbocycles. The number of rotatable bonds is 7. The van der Waals surface area contributed by atoms with E-state index in [1.165, 1.54) is 12.1 Å². The van der Waals surface area contributed by atoms with Gasteiger partial charge in [0.2, 0.25) is 0 Å². The Morgan fingerprint density at radius 3 is 2.51 bits per heavy atom. The van der Waals surface area contributed by atoms with Crippen molar-refractivity contribution in [1.82, 2.24) is 35.0 Å². The van der Waals surface area contributed by atoms with Crippen molar-refractivity contribution < 1.29 is 8.81 Å². The molecule has 1 fully saturated rings. The number of aromatic nitrogens is 5. The zero-order valence-corrected chi connectivity index (χ0v) is 22.0. The van der Waals surface area contributed by atoms with Gasteiger partial charge in [-0.25, -0.2) is 9.07 Å². The molecule has 1 atom stereocenters. The fourth-order valence-corrected chi connectivity index (χ4v) is 5.28. The highest BCUT2D eigenvalue weighted by Gasteiger charge is 2.33. The number of hydrogen-bond donors (Lipinski definition) is 1. The maximum atomic E-state index is 13.6. The van der Waals surface area contributed by atoms with E-state index < -0.39 is 6.04 Å². The number of fused-ring (bicyclic) bond motifs is 1. The number of tetrazole rings is 1. The van der Waals surface area contributed by atoms with Crippen LogP contribution in [0.5, 0.6) is 0 Å². The Bertz CT molecular complexity index is 1640. The van der Waals surface area contributed by atoms with Crippen LogP contribution in [-0.2, 0) is 13.1 Å². The third kappa shape index (κ3) is 5.25. The number of furan rings is 1. The first-order valence-corrected chi connectivity index (χ1v) is 13.1. The predicted molar refractivity (Wildman–Crippen MR) is 145 cm³/mol. The first-order valence-electron chi connectivity index (χ1n) is 13.1. The van der Waals surface area contributed by atoms with E-state index in [0.717, 1.165) is 66.1 Å². The van der Waals surface area contributed by atoms with Gasteiger partial charge in [-0.15, -0.1) is 5.10 Å². The Balaban J connectivity index is 1.37. The van der Waals surface area contributed by atoms with Crippen LogP contribution in [0.15, 0.2) is 70.1 Å². The number of nitrogens with zero attached hydrogens (tertiary/aromatic N) is 6. The average molecular weight is 528 g/mol. The zero-order chi connectivity index (χ0) is 26.9. The fraction of sp³-hybridized carbons (Fsp3) is 0.310. The molecule has 0 saturated carbocycles. The molecule has 39 heavy (non-hydrogen) atoms. The van der Waals surface area contributed by atoms with Gasteiger partial charge in [0.25, 0.3) is 5.56 Å². The van der Waals surface area contributed by atoms with Gasteiger partial charge in [-0.1, -0.05) is 12.1 Å². The van der Waals surface area contributed by atoms with Crippen LogP contribution in [0.2, 0.25) is 0 Å². The minimum absolute atomic E-state index is 0.162. The quantitative estimate of drug-likeness (QED) is 0.344. The van der Waals surface area contributed by atoms with Crippen LogP contribution in [0, 0.1) is 19.7 Å². The highest BCUT2D eigenvalue weighted by atomic mass is 19.1. The molecule has 200 valence electrons. The highest BCUT2D eigenvalue weighted by molar-refractivity contribution is 5.81. The van der Waals surface area contributed by atoms with Crippen LogP contribution >= 0.6 is 0 Å². The number of benzene rings is 2. The Labute approximate surface area is 224 Å². The first-order chi connectivity index (χ1) is 18.9. The largest absolute Gasteiger partial charge is 0.468 e. The van der Waals surface area contributed by atoms with Crippen molar-refractivity contribution in [3.8, 4) is 0 Å². The average Bonchev–Trinajstić information content (AvgIpc) is 3.61. The van der Waals surface area contributed by atoms with E-state index in [0.29, 0.717) is 17.9 Å². The summed E-state index contributed by atoms with van der Waals surface area (Å²) < 4.78 is 20.8. The maximum absolute atomic E-state index is 13.6. The molecule has 10 heteroatoms. The van der Waals surface area contributed by atoms with E-state index >= 15 is 0 Å². The molecule has 0 radical (unpaired) electrons. The van der Waals surface area contributed by atoms with Gasteiger partial charge in [-0.05, 0) is 88.8 Å². The van der Waals surface area contributed by atoms with Gasteiger partial charge in [-0.2, -0.15) is 0 Å². The lowest BCUT2D eigenvalue weighted by atomic mass is 10.00. The summed E-state index contributed by atoms with van der Waals surface area (Å²) in [5.41, 5.74) is 4.39. The lowest BCUT2D eigenvalue weighted by Crippen LogP contribution is -2.48. The predicted octanol–water partition coefficient (Wildman–Crippen LogP) is 3.82. The molecule has 0 spiro atoms. The Morgan fingerprint density at radius 1 is 1.00 bits per heavy atom. The van der Waals surface area contributed by atoms with E-state index in [1.54, 1.807) is 23.1 Å². The van der Waals surface area contributed by atoms with Crippen LogP contribution in [0.25, 0.3) is 10.9 Å². The van der Waals surface area contributed by atoms with Crippen LogP contribution in [0.1, 0.15) is 39.9 Å². The number of pyridine rings is 1. The number of H-pyrrole nitrogens is 1. The zero-order valence-electron chi connectivity index (χ0n) is 22.0.